The Hall–Kier alpha value is -2.30. The van der Waals surface area contributed by atoms with Crippen molar-refractivity contribution < 1.29 is 9.59 Å². The first-order valence-corrected chi connectivity index (χ1v) is 8.80. The molecule has 0 bridgehead atoms. The van der Waals surface area contributed by atoms with Crippen molar-refractivity contribution in [1.82, 2.24) is 14.8 Å². The fourth-order valence-corrected chi connectivity index (χ4v) is 3.75. The van der Waals surface area contributed by atoms with Crippen LogP contribution in [0.15, 0.2) is 24.3 Å². The van der Waals surface area contributed by atoms with Crippen LogP contribution in [0.4, 0.5) is 0 Å². The molecule has 0 spiro atoms. The zero-order valence-electron chi connectivity index (χ0n) is 14.0. The number of para-hydroxylation sites is 1. The van der Waals surface area contributed by atoms with Crippen LogP contribution in [0.25, 0.3) is 10.9 Å². The monoisotopic (exact) mass is 325 g/mol. The summed E-state index contributed by atoms with van der Waals surface area (Å²) in [7, 11) is 0. The number of benzene rings is 1. The number of hydrogen-bond donors (Lipinski definition) is 1. The molecule has 24 heavy (non-hydrogen) atoms. The van der Waals surface area contributed by atoms with Crippen LogP contribution in [0.1, 0.15) is 35.3 Å². The van der Waals surface area contributed by atoms with Crippen molar-refractivity contribution >= 4 is 22.7 Å². The van der Waals surface area contributed by atoms with Crippen LogP contribution in [0.2, 0.25) is 0 Å². The Balaban J connectivity index is 1.48. The lowest BCUT2D eigenvalue weighted by atomic mass is 9.84. The Morgan fingerprint density at radius 2 is 1.71 bits per heavy atom. The molecule has 1 saturated carbocycles. The SMILES string of the molecule is Cc1[nH]c2ccccc2c1C(=O)N1CCN(C(=O)C2CCC2)CC1. The number of carbonyl (C=O) groups excluding carboxylic acids is 2. The van der Waals surface area contributed by atoms with Gasteiger partial charge in [-0.05, 0) is 25.8 Å². The van der Waals surface area contributed by atoms with Gasteiger partial charge in [0.2, 0.25) is 5.91 Å². The predicted molar refractivity (Wildman–Crippen MR) is 92.9 cm³/mol. The maximum Gasteiger partial charge on any atom is 0.256 e. The highest BCUT2D eigenvalue weighted by molar-refractivity contribution is 6.08. The second-order valence-electron chi connectivity index (χ2n) is 6.92. The van der Waals surface area contributed by atoms with Gasteiger partial charge in [-0.25, -0.2) is 0 Å². The molecule has 1 aromatic carbocycles. The van der Waals surface area contributed by atoms with Crippen LogP contribution in [0.3, 0.4) is 0 Å². The number of aromatic amines is 1. The summed E-state index contributed by atoms with van der Waals surface area (Å²) in [5.41, 5.74) is 2.68. The highest BCUT2D eigenvalue weighted by Crippen LogP contribution is 2.29. The third kappa shape index (κ3) is 2.48. The van der Waals surface area contributed by atoms with Crippen LogP contribution in [-0.2, 0) is 4.79 Å². The van der Waals surface area contributed by atoms with Crippen LogP contribution >= 0.6 is 0 Å². The summed E-state index contributed by atoms with van der Waals surface area (Å²) in [6.45, 7) is 4.50. The molecule has 2 fully saturated rings. The third-order valence-corrected chi connectivity index (χ3v) is 5.44. The minimum absolute atomic E-state index is 0.0701. The van der Waals surface area contributed by atoms with Crippen molar-refractivity contribution in [2.24, 2.45) is 5.92 Å². The van der Waals surface area contributed by atoms with E-state index in [4.69, 9.17) is 0 Å². The van der Waals surface area contributed by atoms with E-state index in [1.165, 1.54) is 6.42 Å². The van der Waals surface area contributed by atoms with E-state index in [1.807, 2.05) is 41.0 Å². The minimum Gasteiger partial charge on any atom is -0.358 e. The van der Waals surface area contributed by atoms with Crippen LogP contribution < -0.4 is 0 Å². The molecule has 2 amide bonds. The molecule has 0 unspecified atom stereocenters. The molecule has 126 valence electrons. The van der Waals surface area contributed by atoms with Gasteiger partial charge in [-0.1, -0.05) is 24.6 Å². The molecular weight excluding hydrogens is 302 g/mol. The summed E-state index contributed by atoms with van der Waals surface area (Å²) in [6.07, 6.45) is 3.24. The Kier molecular flexibility index (Phi) is 3.79. The van der Waals surface area contributed by atoms with Crippen LogP contribution in [-0.4, -0.2) is 52.8 Å². The summed E-state index contributed by atoms with van der Waals surface area (Å²) < 4.78 is 0. The molecule has 0 radical (unpaired) electrons. The number of piperazine rings is 1. The van der Waals surface area contributed by atoms with Crippen molar-refractivity contribution in [1.29, 1.82) is 0 Å². The number of fused-ring (bicyclic) bond motifs is 1. The Morgan fingerprint density at radius 3 is 2.38 bits per heavy atom. The van der Waals surface area contributed by atoms with Gasteiger partial charge in [0.05, 0.1) is 5.56 Å². The van der Waals surface area contributed by atoms with Gasteiger partial charge in [0, 0.05) is 48.7 Å². The molecule has 0 atom stereocenters. The second kappa shape index (κ2) is 5.96. The zero-order valence-corrected chi connectivity index (χ0v) is 14.0. The van der Waals surface area contributed by atoms with Gasteiger partial charge in [0.25, 0.3) is 5.91 Å². The number of rotatable bonds is 2. The van der Waals surface area contributed by atoms with E-state index in [0.717, 1.165) is 35.0 Å². The maximum absolute atomic E-state index is 13.0. The third-order valence-electron chi connectivity index (χ3n) is 5.44. The number of H-pyrrole nitrogens is 1. The van der Waals surface area contributed by atoms with E-state index in [2.05, 4.69) is 4.98 Å². The van der Waals surface area contributed by atoms with Crippen molar-refractivity contribution in [3.8, 4) is 0 Å². The van der Waals surface area contributed by atoms with Crippen LogP contribution in [0.5, 0.6) is 0 Å². The molecule has 1 aromatic heterocycles. The van der Waals surface area contributed by atoms with Gasteiger partial charge in [0.1, 0.15) is 0 Å². The lowest BCUT2D eigenvalue weighted by molar-refractivity contribution is -0.139. The maximum atomic E-state index is 13.0. The number of amides is 2. The fraction of sp³-hybridized carbons (Fsp3) is 0.474. The molecule has 5 nitrogen and oxygen atoms in total. The average molecular weight is 325 g/mol. The van der Waals surface area contributed by atoms with E-state index < -0.39 is 0 Å². The molecule has 1 aliphatic carbocycles. The fourth-order valence-electron chi connectivity index (χ4n) is 3.75. The quantitative estimate of drug-likeness (QED) is 0.922. The van der Waals surface area contributed by atoms with E-state index in [0.29, 0.717) is 26.2 Å². The largest absolute Gasteiger partial charge is 0.358 e. The molecule has 1 saturated heterocycles. The van der Waals surface area contributed by atoms with Crippen molar-refractivity contribution in [2.45, 2.75) is 26.2 Å². The van der Waals surface area contributed by atoms with Crippen molar-refractivity contribution in [3.05, 3.63) is 35.5 Å². The molecule has 1 N–H and O–H groups in total. The van der Waals surface area contributed by atoms with E-state index >= 15 is 0 Å². The summed E-state index contributed by atoms with van der Waals surface area (Å²) in [4.78, 5) is 32.4. The summed E-state index contributed by atoms with van der Waals surface area (Å²) in [5.74, 6) is 0.598. The molecule has 2 aliphatic rings. The van der Waals surface area contributed by atoms with E-state index in [-0.39, 0.29) is 17.7 Å². The Labute approximate surface area is 141 Å². The lowest BCUT2D eigenvalue weighted by Crippen LogP contribution is -2.52. The van der Waals surface area contributed by atoms with Gasteiger partial charge in [-0.2, -0.15) is 0 Å². The molecule has 5 heteroatoms. The number of aromatic nitrogens is 1. The number of nitrogens with zero attached hydrogens (tertiary/aromatic N) is 2. The van der Waals surface area contributed by atoms with E-state index in [9.17, 15) is 9.59 Å². The van der Waals surface area contributed by atoms with Gasteiger partial charge in [-0.15, -0.1) is 0 Å². The number of nitrogens with one attached hydrogen (secondary N) is 1. The van der Waals surface area contributed by atoms with E-state index in [1.54, 1.807) is 0 Å². The standard InChI is InChI=1S/C19H23N3O2/c1-13-17(15-7-2-3-8-16(15)20-13)19(24)22-11-9-21(10-12-22)18(23)14-5-4-6-14/h2-3,7-8,14,20H,4-6,9-12H2,1H3. The summed E-state index contributed by atoms with van der Waals surface area (Å²) >= 11 is 0. The molecule has 2 heterocycles. The number of hydrogen-bond acceptors (Lipinski definition) is 2. The summed E-state index contributed by atoms with van der Waals surface area (Å²) in [5, 5.41) is 0.980. The first kappa shape index (κ1) is 15.2. The number of aryl methyl sites for hydroxylation is 1. The topological polar surface area (TPSA) is 56.4 Å². The first-order chi connectivity index (χ1) is 11.6. The molecule has 4 rings (SSSR count). The highest BCUT2D eigenvalue weighted by Gasteiger charge is 2.32. The zero-order chi connectivity index (χ0) is 16.7. The highest BCUT2D eigenvalue weighted by atomic mass is 16.2. The van der Waals surface area contributed by atoms with Crippen molar-refractivity contribution in [2.75, 3.05) is 26.2 Å². The summed E-state index contributed by atoms with van der Waals surface area (Å²) in [6, 6.07) is 7.91. The number of carbonyl (C=O) groups is 2. The Bertz CT molecular complexity index is 783. The average Bonchev–Trinajstić information content (AvgIpc) is 2.88. The van der Waals surface area contributed by atoms with Gasteiger partial charge in [-0.3, -0.25) is 9.59 Å². The lowest BCUT2D eigenvalue weighted by Gasteiger charge is -2.38. The van der Waals surface area contributed by atoms with Gasteiger partial charge in [0.15, 0.2) is 0 Å². The molecular formula is C19H23N3O2. The molecule has 2 aromatic rings. The van der Waals surface area contributed by atoms with Gasteiger partial charge >= 0.3 is 0 Å². The van der Waals surface area contributed by atoms with Crippen LogP contribution in [0, 0.1) is 12.8 Å². The predicted octanol–water partition coefficient (Wildman–Crippen LogP) is 2.56. The van der Waals surface area contributed by atoms with Crippen molar-refractivity contribution in [3.63, 3.8) is 0 Å². The normalized spacial score (nSPS) is 18.7. The van der Waals surface area contributed by atoms with Gasteiger partial charge < -0.3 is 14.8 Å². The molecule has 1 aliphatic heterocycles. The first-order valence-electron chi connectivity index (χ1n) is 8.80. The Morgan fingerprint density at radius 1 is 1.04 bits per heavy atom. The second-order valence-corrected chi connectivity index (χ2v) is 6.92. The smallest absolute Gasteiger partial charge is 0.256 e. The minimum atomic E-state index is 0.0701.